The first-order valence-electron chi connectivity index (χ1n) is 6.65. The Morgan fingerprint density at radius 3 is 2.79 bits per heavy atom. The molecule has 0 aliphatic carbocycles. The topological polar surface area (TPSA) is 47.1 Å². The van der Waals surface area contributed by atoms with Gasteiger partial charge in [0.1, 0.15) is 5.82 Å². The normalized spacial score (nSPS) is 11.1. The van der Waals surface area contributed by atoms with Gasteiger partial charge in [-0.3, -0.25) is 0 Å². The SMILES string of the molecule is CN(C)CCCn1ccnc1Cc1ccccc1N. The summed E-state index contributed by atoms with van der Waals surface area (Å²) < 4.78 is 2.22. The molecule has 0 atom stereocenters. The number of nitrogens with two attached hydrogens (primary N) is 1. The second-order valence-electron chi connectivity index (χ2n) is 5.07. The standard InChI is InChI=1S/C15H22N4/c1-18(2)9-5-10-19-11-8-17-15(19)12-13-6-3-4-7-14(13)16/h3-4,6-8,11H,5,9-10,12,16H2,1-2H3. The average molecular weight is 258 g/mol. The van der Waals surface area contributed by atoms with Gasteiger partial charge >= 0.3 is 0 Å². The van der Waals surface area contributed by atoms with E-state index in [2.05, 4.69) is 34.6 Å². The average Bonchev–Trinajstić information content (AvgIpc) is 2.79. The first kappa shape index (κ1) is 13.6. The van der Waals surface area contributed by atoms with Gasteiger partial charge in [-0.2, -0.15) is 0 Å². The Bertz CT molecular complexity index is 516. The van der Waals surface area contributed by atoms with Crippen LogP contribution in [0.5, 0.6) is 0 Å². The summed E-state index contributed by atoms with van der Waals surface area (Å²) in [7, 11) is 4.19. The summed E-state index contributed by atoms with van der Waals surface area (Å²) in [4.78, 5) is 6.64. The van der Waals surface area contributed by atoms with E-state index in [0.717, 1.165) is 43.0 Å². The Balaban J connectivity index is 2.01. The van der Waals surface area contributed by atoms with Gasteiger partial charge in [-0.25, -0.2) is 4.98 Å². The summed E-state index contributed by atoms with van der Waals surface area (Å²) in [6.45, 7) is 2.09. The molecule has 4 nitrogen and oxygen atoms in total. The summed E-state index contributed by atoms with van der Waals surface area (Å²) in [5.74, 6) is 1.08. The van der Waals surface area contributed by atoms with Gasteiger partial charge in [0.2, 0.25) is 0 Å². The van der Waals surface area contributed by atoms with Crippen molar-refractivity contribution in [1.82, 2.24) is 14.5 Å². The zero-order valence-corrected chi connectivity index (χ0v) is 11.7. The molecule has 0 fully saturated rings. The third-order valence-corrected chi connectivity index (χ3v) is 3.21. The van der Waals surface area contributed by atoms with Crippen LogP contribution in [0, 0.1) is 0 Å². The third kappa shape index (κ3) is 3.83. The summed E-state index contributed by atoms with van der Waals surface area (Å²) in [5, 5.41) is 0. The lowest BCUT2D eigenvalue weighted by Gasteiger charge is -2.12. The number of rotatable bonds is 6. The van der Waals surface area contributed by atoms with Crippen LogP contribution >= 0.6 is 0 Å². The van der Waals surface area contributed by atoms with E-state index in [1.165, 1.54) is 0 Å². The predicted octanol–water partition coefficient (Wildman–Crippen LogP) is 2.01. The summed E-state index contributed by atoms with van der Waals surface area (Å²) in [5.41, 5.74) is 7.96. The van der Waals surface area contributed by atoms with Crippen molar-refractivity contribution in [1.29, 1.82) is 0 Å². The fraction of sp³-hybridized carbons (Fsp3) is 0.400. The number of hydrogen-bond donors (Lipinski definition) is 1. The van der Waals surface area contributed by atoms with Gasteiger partial charge in [-0.15, -0.1) is 0 Å². The molecule has 2 N–H and O–H groups in total. The third-order valence-electron chi connectivity index (χ3n) is 3.21. The highest BCUT2D eigenvalue weighted by atomic mass is 15.1. The first-order chi connectivity index (χ1) is 9.16. The number of hydrogen-bond acceptors (Lipinski definition) is 3. The highest BCUT2D eigenvalue weighted by molar-refractivity contribution is 5.47. The van der Waals surface area contributed by atoms with Crippen LogP contribution in [0.1, 0.15) is 17.8 Å². The molecule has 2 aromatic rings. The molecule has 0 bridgehead atoms. The van der Waals surface area contributed by atoms with Crippen molar-refractivity contribution in [2.24, 2.45) is 0 Å². The molecule has 0 aliphatic heterocycles. The Morgan fingerprint density at radius 2 is 2.05 bits per heavy atom. The van der Waals surface area contributed by atoms with E-state index in [0.29, 0.717) is 0 Å². The number of nitrogen functional groups attached to an aromatic ring is 1. The van der Waals surface area contributed by atoms with Crippen LogP contribution in [-0.4, -0.2) is 35.1 Å². The molecule has 0 radical (unpaired) electrons. The number of aryl methyl sites for hydroxylation is 1. The van der Waals surface area contributed by atoms with Crippen LogP contribution < -0.4 is 5.73 Å². The van der Waals surface area contributed by atoms with Crippen molar-refractivity contribution in [3.05, 3.63) is 48.0 Å². The van der Waals surface area contributed by atoms with Gasteiger partial charge in [0.15, 0.2) is 0 Å². The minimum atomic E-state index is 0.793. The first-order valence-corrected chi connectivity index (χ1v) is 6.65. The summed E-state index contributed by atoms with van der Waals surface area (Å²) >= 11 is 0. The van der Waals surface area contributed by atoms with Crippen molar-refractivity contribution in [2.75, 3.05) is 26.4 Å². The van der Waals surface area contributed by atoms with Gasteiger partial charge in [-0.05, 0) is 38.7 Å². The van der Waals surface area contributed by atoms with E-state index in [1.807, 2.05) is 30.6 Å². The molecule has 1 aromatic heterocycles. The molecule has 0 spiro atoms. The van der Waals surface area contributed by atoms with Crippen LogP contribution in [0.2, 0.25) is 0 Å². The molecule has 19 heavy (non-hydrogen) atoms. The van der Waals surface area contributed by atoms with Gasteiger partial charge in [0.05, 0.1) is 0 Å². The number of anilines is 1. The molecule has 1 aromatic carbocycles. The van der Waals surface area contributed by atoms with Crippen LogP contribution in [0.4, 0.5) is 5.69 Å². The lowest BCUT2D eigenvalue weighted by Crippen LogP contribution is -2.15. The second kappa shape index (κ2) is 6.38. The van der Waals surface area contributed by atoms with Crippen molar-refractivity contribution in [3.8, 4) is 0 Å². The van der Waals surface area contributed by atoms with Crippen molar-refractivity contribution < 1.29 is 0 Å². The predicted molar refractivity (Wildman–Crippen MR) is 79.1 cm³/mol. The van der Waals surface area contributed by atoms with Gasteiger partial charge in [0.25, 0.3) is 0 Å². The van der Waals surface area contributed by atoms with E-state index in [-0.39, 0.29) is 0 Å². The van der Waals surface area contributed by atoms with Crippen LogP contribution in [0.3, 0.4) is 0 Å². The monoisotopic (exact) mass is 258 g/mol. The Hall–Kier alpha value is -1.81. The number of benzene rings is 1. The van der Waals surface area contributed by atoms with Gasteiger partial charge in [0, 0.05) is 31.0 Å². The molecule has 4 heteroatoms. The number of imidazole rings is 1. The maximum absolute atomic E-state index is 5.98. The maximum Gasteiger partial charge on any atom is 0.113 e. The molecule has 102 valence electrons. The Labute approximate surface area is 114 Å². The van der Waals surface area contributed by atoms with Crippen LogP contribution in [0.25, 0.3) is 0 Å². The van der Waals surface area contributed by atoms with Crippen LogP contribution in [0.15, 0.2) is 36.7 Å². The number of nitrogens with zero attached hydrogens (tertiary/aromatic N) is 3. The summed E-state index contributed by atoms with van der Waals surface area (Å²) in [6, 6.07) is 7.98. The molecule has 0 saturated heterocycles. The maximum atomic E-state index is 5.98. The largest absolute Gasteiger partial charge is 0.398 e. The molecular weight excluding hydrogens is 236 g/mol. The number of aromatic nitrogens is 2. The zero-order chi connectivity index (χ0) is 13.7. The van der Waals surface area contributed by atoms with Crippen molar-refractivity contribution in [3.63, 3.8) is 0 Å². The highest BCUT2D eigenvalue weighted by Crippen LogP contribution is 2.15. The molecular formula is C15H22N4. The van der Waals surface area contributed by atoms with E-state index in [4.69, 9.17) is 5.73 Å². The van der Waals surface area contributed by atoms with Gasteiger partial charge in [-0.1, -0.05) is 18.2 Å². The minimum Gasteiger partial charge on any atom is -0.398 e. The van der Waals surface area contributed by atoms with Crippen molar-refractivity contribution in [2.45, 2.75) is 19.4 Å². The molecule has 0 saturated carbocycles. The Kier molecular flexibility index (Phi) is 4.58. The second-order valence-corrected chi connectivity index (χ2v) is 5.07. The lowest BCUT2D eigenvalue weighted by atomic mass is 10.1. The lowest BCUT2D eigenvalue weighted by molar-refractivity contribution is 0.385. The Morgan fingerprint density at radius 1 is 1.26 bits per heavy atom. The molecule has 0 amide bonds. The highest BCUT2D eigenvalue weighted by Gasteiger charge is 2.06. The van der Waals surface area contributed by atoms with E-state index < -0.39 is 0 Å². The van der Waals surface area contributed by atoms with Gasteiger partial charge < -0.3 is 15.2 Å². The van der Waals surface area contributed by atoms with E-state index >= 15 is 0 Å². The minimum absolute atomic E-state index is 0.793. The smallest absolute Gasteiger partial charge is 0.113 e. The van der Waals surface area contributed by atoms with Crippen LogP contribution in [-0.2, 0) is 13.0 Å². The fourth-order valence-corrected chi connectivity index (χ4v) is 2.13. The quantitative estimate of drug-likeness (QED) is 0.806. The molecule has 1 heterocycles. The molecule has 2 rings (SSSR count). The number of para-hydroxylation sites is 1. The molecule has 0 unspecified atom stereocenters. The van der Waals surface area contributed by atoms with E-state index in [9.17, 15) is 0 Å². The fourth-order valence-electron chi connectivity index (χ4n) is 2.13. The van der Waals surface area contributed by atoms with Crippen molar-refractivity contribution >= 4 is 5.69 Å². The zero-order valence-electron chi connectivity index (χ0n) is 11.7. The summed E-state index contributed by atoms with van der Waals surface area (Å²) in [6.07, 6.45) is 5.83. The van der Waals surface area contributed by atoms with E-state index in [1.54, 1.807) is 0 Å². The molecule has 0 aliphatic rings.